The Kier molecular flexibility index (Phi) is 6.77. The molecule has 1 aliphatic carbocycles. The second-order valence-corrected chi connectivity index (χ2v) is 7.75. The summed E-state index contributed by atoms with van der Waals surface area (Å²) in [4.78, 5) is 36.8. The lowest BCUT2D eigenvalue weighted by atomic mass is 9.78. The minimum absolute atomic E-state index is 0.243. The van der Waals surface area contributed by atoms with Crippen LogP contribution in [0.25, 0.3) is 0 Å². The van der Waals surface area contributed by atoms with E-state index in [1.165, 1.54) is 6.07 Å². The Morgan fingerprint density at radius 1 is 0.897 bits per heavy atom. The van der Waals surface area contributed by atoms with Crippen LogP contribution in [0.5, 0.6) is 0 Å². The van der Waals surface area contributed by atoms with Gasteiger partial charge in [0, 0.05) is 23.5 Å². The fraction of sp³-hybridized carbons (Fsp3) is 0.286. The third kappa shape index (κ3) is 5.08. The number of halogens is 2. The zero-order valence-corrected chi connectivity index (χ0v) is 16.9. The van der Waals surface area contributed by atoms with Crippen LogP contribution in [0.3, 0.4) is 0 Å². The number of carboxylic acids is 1. The van der Waals surface area contributed by atoms with Crippen molar-refractivity contribution < 1.29 is 19.5 Å². The molecule has 2 aromatic rings. The predicted octanol–water partition coefficient (Wildman–Crippen LogP) is 3.74. The highest BCUT2D eigenvalue weighted by atomic mass is 35.5. The smallest absolute Gasteiger partial charge is 0.257 e. The molecule has 0 unspecified atom stereocenters. The van der Waals surface area contributed by atoms with Crippen LogP contribution in [0.4, 0.5) is 11.4 Å². The Balaban J connectivity index is 1.77. The molecule has 0 bridgehead atoms. The predicted molar refractivity (Wildman–Crippen MR) is 110 cm³/mol. The average Bonchev–Trinajstić information content (AvgIpc) is 2.71. The van der Waals surface area contributed by atoms with Gasteiger partial charge >= 0.3 is 0 Å². The maximum Gasteiger partial charge on any atom is 0.257 e. The van der Waals surface area contributed by atoms with Crippen LogP contribution in [-0.2, 0) is 9.59 Å². The van der Waals surface area contributed by atoms with Crippen LogP contribution in [0.15, 0.2) is 42.5 Å². The first-order chi connectivity index (χ1) is 13.9. The van der Waals surface area contributed by atoms with Crippen molar-refractivity contribution in [1.82, 2.24) is 0 Å². The number of carbonyl (C=O) groups excluding carboxylic acids is 3. The quantitative estimate of drug-likeness (QED) is 0.749. The third-order valence-electron chi connectivity index (χ3n) is 5.01. The second kappa shape index (κ2) is 9.29. The standard InChI is InChI=1S/C21H20Cl2N2O4/c22-16-10-9-12(11-17(16)23)24-20(27)15-7-3-4-8-18(15)25-19(26)13-5-1-2-6-14(13)21(28)29/h3-4,7-11,13-14H,1-2,5-6H2,(H,24,27)(H,25,26)(H,28,29)/p-1/t13-,14+/m1/s1. The summed E-state index contributed by atoms with van der Waals surface area (Å²) in [7, 11) is 0. The van der Waals surface area contributed by atoms with Crippen LogP contribution in [-0.4, -0.2) is 17.8 Å². The molecule has 2 N–H and O–H groups in total. The molecule has 0 saturated heterocycles. The van der Waals surface area contributed by atoms with Gasteiger partial charge in [0.25, 0.3) is 5.91 Å². The molecular formula is C21H19Cl2N2O4-. The van der Waals surface area contributed by atoms with Crippen molar-refractivity contribution in [2.75, 3.05) is 10.6 Å². The first-order valence-electron chi connectivity index (χ1n) is 9.24. The van der Waals surface area contributed by atoms with E-state index in [2.05, 4.69) is 10.6 Å². The number of carbonyl (C=O) groups is 3. The molecule has 2 atom stereocenters. The van der Waals surface area contributed by atoms with Crippen LogP contribution < -0.4 is 15.7 Å². The van der Waals surface area contributed by atoms with E-state index in [1.807, 2.05) is 0 Å². The molecule has 1 fully saturated rings. The SMILES string of the molecule is O=C(Nc1ccc(Cl)c(Cl)c1)c1ccccc1NC(=O)[C@@H]1CCCC[C@@H]1C(=O)[O-]. The lowest BCUT2D eigenvalue weighted by Gasteiger charge is -2.31. The summed E-state index contributed by atoms with van der Waals surface area (Å²) >= 11 is 11.9. The Labute approximate surface area is 178 Å². The second-order valence-electron chi connectivity index (χ2n) is 6.93. The van der Waals surface area contributed by atoms with E-state index in [0.717, 1.165) is 12.8 Å². The number of nitrogens with one attached hydrogen (secondary N) is 2. The van der Waals surface area contributed by atoms with Gasteiger partial charge in [-0.15, -0.1) is 0 Å². The Bertz CT molecular complexity index is 948. The molecule has 0 aromatic heterocycles. The average molecular weight is 434 g/mol. The highest BCUT2D eigenvalue weighted by Gasteiger charge is 2.32. The molecule has 8 heteroatoms. The van der Waals surface area contributed by atoms with Crippen molar-refractivity contribution in [2.45, 2.75) is 25.7 Å². The van der Waals surface area contributed by atoms with Gasteiger partial charge in [-0.1, -0.05) is 48.2 Å². The topological polar surface area (TPSA) is 98.3 Å². The summed E-state index contributed by atoms with van der Waals surface area (Å²) in [6, 6.07) is 11.2. The van der Waals surface area contributed by atoms with Crippen LogP contribution >= 0.6 is 23.2 Å². The number of para-hydroxylation sites is 1. The van der Waals surface area contributed by atoms with Crippen LogP contribution in [0.1, 0.15) is 36.0 Å². The summed E-state index contributed by atoms with van der Waals surface area (Å²) in [5.41, 5.74) is 1.00. The molecule has 6 nitrogen and oxygen atoms in total. The third-order valence-corrected chi connectivity index (χ3v) is 5.75. The lowest BCUT2D eigenvalue weighted by molar-refractivity contribution is -0.313. The minimum atomic E-state index is -1.21. The molecule has 2 aromatic carbocycles. The highest BCUT2D eigenvalue weighted by molar-refractivity contribution is 6.42. The molecule has 1 aliphatic rings. The molecule has 0 heterocycles. The Morgan fingerprint density at radius 2 is 1.59 bits per heavy atom. The van der Waals surface area contributed by atoms with Crippen molar-refractivity contribution >= 4 is 52.4 Å². The Hall–Kier alpha value is -2.57. The monoisotopic (exact) mass is 433 g/mol. The summed E-state index contributed by atoms with van der Waals surface area (Å²) in [6.07, 6.45) is 2.42. The van der Waals surface area contributed by atoms with Crippen molar-refractivity contribution in [3.05, 3.63) is 58.1 Å². The zero-order chi connectivity index (χ0) is 21.0. The number of rotatable bonds is 5. The van der Waals surface area contributed by atoms with Crippen LogP contribution in [0, 0.1) is 11.8 Å². The molecule has 2 amide bonds. The number of hydrogen-bond donors (Lipinski definition) is 2. The van der Waals surface area contributed by atoms with Gasteiger partial charge < -0.3 is 20.5 Å². The summed E-state index contributed by atoms with van der Waals surface area (Å²) in [6.45, 7) is 0. The van der Waals surface area contributed by atoms with E-state index in [1.54, 1.807) is 36.4 Å². The van der Waals surface area contributed by atoms with Gasteiger partial charge in [-0.05, 0) is 43.2 Å². The van der Waals surface area contributed by atoms with Gasteiger partial charge in [-0.3, -0.25) is 9.59 Å². The molecule has 0 spiro atoms. The zero-order valence-electron chi connectivity index (χ0n) is 15.4. The fourth-order valence-corrected chi connectivity index (χ4v) is 3.81. The van der Waals surface area contributed by atoms with Gasteiger partial charge in [0.15, 0.2) is 0 Å². The number of aliphatic carboxylic acids is 1. The largest absolute Gasteiger partial charge is 0.550 e. The maximum atomic E-state index is 12.7. The van der Waals surface area contributed by atoms with Crippen molar-refractivity contribution in [2.24, 2.45) is 11.8 Å². The first-order valence-corrected chi connectivity index (χ1v) is 9.99. The van der Waals surface area contributed by atoms with Gasteiger partial charge in [0.2, 0.25) is 5.91 Å². The van der Waals surface area contributed by atoms with Crippen molar-refractivity contribution in [3.63, 3.8) is 0 Å². The van der Waals surface area contributed by atoms with E-state index in [-0.39, 0.29) is 5.56 Å². The number of benzene rings is 2. The number of anilines is 2. The lowest BCUT2D eigenvalue weighted by Crippen LogP contribution is -2.42. The highest BCUT2D eigenvalue weighted by Crippen LogP contribution is 2.31. The van der Waals surface area contributed by atoms with E-state index in [9.17, 15) is 19.5 Å². The first kappa shape index (κ1) is 21.1. The van der Waals surface area contributed by atoms with Gasteiger partial charge in [0.05, 0.1) is 21.3 Å². The van der Waals surface area contributed by atoms with Crippen LogP contribution in [0.2, 0.25) is 10.0 Å². The molecule has 3 rings (SSSR count). The number of hydrogen-bond acceptors (Lipinski definition) is 4. The van der Waals surface area contributed by atoms with Crippen molar-refractivity contribution in [1.29, 1.82) is 0 Å². The van der Waals surface area contributed by atoms with E-state index >= 15 is 0 Å². The molecule has 0 aliphatic heterocycles. The molecular weight excluding hydrogens is 415 g/mol. The normalized spacial score (nSPS) is 18.7. The Morgan fingerprint density at radius 3 is 2.28 bits per heavy atom. The van der Waals surface area contributed by atoms with Crippen molar-refractivity contribution in [3.8, 4) is 0 Å². The minimum Gasteiger partial charge on any atom is -0.550 e. The van der Waals surface area contributed by atoms with E-state index in [4.69, 9.17) is 23.2 Å². The summed E-state index contributed by atoms with van der Waals surface area (Å²) in [5.74, 6) is -3.58. The van der Waals surface area contributed by atoms with Gasteiger partial charge in [-0.2, -0.15) is 0 Å². The maximum absolute atomic E-state index is 12.7. The van der Waals surface area contributed by atoms with Gasteiger partial charge in [0.1, 0.15) is 0 Å². The summed E-state index contributed by atoms with van der Waals surface area (Å²) < 4.78 is 0. The number of amides is 2. The molecule has 29 heavy (non-hydrogen) atoms. The van der Waals surface area contributed by atoms with E-state index < -0.39 is 29.6 Å². The van der Waals surface area contributed by atoms with Gasteiger partial charge in [-0.25, -0.2) is 0 Å². The molecule has 1 saturated carbocycles. The van der Waals surface area contributed by atoms with E-state index in [0.29, 0.717) is 34.3 Å². The number of carboxylic acid groups (broad SMARTS) is 1. The molecule has 0 radical (unpaired) electrons. The molecule has 152 valence electrons. The summed E-state index contributed by atoms with van der Waals surface area (Å²) in [5, 5.41) is 17.5. The fourth-order valence-electron chi connectivity index (χ4n) is 3.51.